The topological polar surface area (TPSA) is 64.1 Å². The zero-order valence-electron chi connectivity index (χ0n) is 7.27. The molecule has 0 aromatic carbocycles. The summed E-state index contributed by atoms with van der Waals surface area (Å²) in [5, 5.41) is 12.8. The number of nitrogens with two attached hydrogens (primary N) is 1. The molecule has 4 nitrogen and oxygen atoms in total. The minimum absolute atomic E-state index is 0.0419. The fraction of sp³-hybridized carbons (Fsp3) is 0.625. The second kappa shape index (κ2) is 4.23. The van der Waals surface area contributed by atoms with Crippen LogP contribution < -0.4 is 5.73 Å². The van der Waals surface area contributed by atoms with Gasteiger partial charge in [0.25, 0.3) is 0 Å². The molecule has 0 saturated heterocycles. The van der Waals surface area contributed by atoms with Crippen molar-refractivity contribution in [3.63, 3.8) is 0 Å². The van der Waals surface area contributed by atoms with Gasteiger partial charge in [-0.15, -0.1) is 0 Å². The van der Waals surface area contributed by atoms with Gasteiger partial charge in [0.05, 0.1) is 12.8 Å². The van der Waals surface area contributed by atoms with Crippen LogP contribution in [0.1, 0.15) is 12.0 Å². The smallest absolute Gasteiger partial charge is 0.0583 e. The van der Waals surface area contributed by atoms with Gasteiger partial charge in [0.2, 0.25) is 0 Å². The van der Waals surface area contributed by atoms with Crippen LogP contribution in [0.2, 0.25) is 0 Å². The Bertz CT molecular complexity index is 234. The lowest BCUT2D eigenvalue weighted by atomic mass is 10.2. The quantitative estimate of drug-likeness (QED) is 0.661. The van der Waals surface area contributed by atoms with Crippen LogP contribution in [0, 0.1) is 6.92 Å². The number of aliphatic hydroxyl groups excluding tert-OH is 1. The summed E-state index contributed by atoms with van der Waals surface area (Å²) in [6, 6.07) is -0.130. The Morgan fingerprint density at radius 2 is 2.50 bits per heavy atom. The van der Waals surface area contributed by atoms with Crippen LogP contribution in [0.4, 0.5) is 0 Å². The monoisotopic (exact) mass is 169 g/mol. The van der Waals surface area contributed by atoms with E-state index < -0.39 is 0 Å². The zero-order valence-corrected chi connectivity index (χ0v) is 7.27. The van der Waals surface area contributed by atoms with Crippen LogP contribution in [0.25, 0.3) is 0 Å². The molecule has 1 unspecified atom stereocenters. The summed E-state index contributed by atoms with van der Waals surface area (Å²) in [5.74, 6) is 0. The average molecular weight is 169 g/mol. The predicted octanol–water partition coefficient (Wildman–Crippen LogP) is -0.0988. The van der Waals surface area contributed by atoms with Crippen LogP contribution >= 0.6 is 0 Å². The molecule has 1 atom stereocenters. The Balaban J connectivity index is 2.33. The summed E-state index contributed by atoms with van der Waals surface area (Å²) < 4.78 is 1.84. The van der Waals surface area contributed by atoms with E-state index in [1.165, 1.54) is 0 Å². The van der Waals surface area contributed by atoms with Gasteiger partial charge in [-0.25, -0.2) is 0 Å². The Hall–Kier alpha value is -0.870. The van der Waals surface area contributed by atoms with E-state index in [2.05, 4.69) is 5.10 Å². The fourth-order valence-electron chi connectivity index (χ4n) is 0.979. The maximum absolute atomic E-state index is 8.66. The molecular formula is C8H15N3O. The molecule has 0 radical (unpaired) electrons. The zero-order chi connectivity index (χ0) is 8.97. The first-order valence-corrected chi connectivity index (χ1v) is 4.08. The molecule has 68 valence electrons. The lowest BCUT2D eigenvalue weighted by Crippen LogP contribution is -2.25. The summed E-state index contributed by atoms with van der Waals surface area (Å²) in [6.45, 7) is 2.81. The van der Waals surface area contributed by atoms with E-state index in [0.717, 1.165) is 18.5 Å². The Morgan fingerprint density at radius 1 is 1.75 bits per heavy atom. The standard InChI is InChI=1S/C8H15N3O/c1-7-4-10-11(5-7)3-2-8(9)6-12/h4-5,8,12H,2-3,6,9H2,1H3. The van der Waals surface area contributed by atoms with Gasteiger partial charge in [-0.2, -0.15) is 5.10 Å². The fourth-order valence-corrected chi connectivity index (χ4v) is 0.979. The van der Waals surface area contributed by atoms with Crippen molar-refractivity contribution in [1.29, 1.82) is 0 Å². The number of aromatic nitrogens is 2. The van der Waals surface area contributed by atoms with Crippen molar-refractivity contribution < 1.29 is 5.11 Å². The van der Waals surface area contributed by atoms with Gasteiger partial charge < -0.3 is 10.8 Å². The number of nitrogens with zero attached hydrogens (tertiary/aromatic N) is 2. The molecule has 0 aliphatic heterocycles. The molecule has 0 aliphatic carbocycles. The molecule has 1 rings (SSSR count). The highest BCUT2D eigenvalue weighted by Crippen LogP contribution is 1.97. The lowest BCUT2D eigenvalue weighted by Gasteiger charge is -2.06. The molecule has 0 aliphatic rings. The van der Waals surface area contributed by atoms with Crippen LogP contribution in [-0.4, -0.2) is 27.5 Å². The highest BCUT2D eigenvalue weighted by molar-refractivity contribution is 4.99. The van der Waals surface area contributed by atoms with Crippen LogP contribution in [0.15, 0.2) is 12.4 Å². The van der Waals surface area contributed by atoms with E-state index in [0.29, 0.717) is 0 Å². The van der Waals surface area contributed by atoms with Gasteiger partial charge in [-0.3, -0.25) is 4.68 Å². The summed E-state index contributed by atoms with van der Waals surface area (Å²) in [5.41, 5.74) is 6.68. The number of aryl methyl sites for hydroxylation is 2. The first-order chi connectivity index (χ1) is 5.72. The third-order valence-corrected chi connectivity index (χ3v) is 1.73. The van der Waals surface area contributed by atoms with E-state index in [9.17, 15) is 0 Å². The maximum Gasteiger partial charge on any atom is 0.0583 e. The Labute approximate surface area is 72.0 Å². The summed E-state index contributed by atoms with van der Waals surface area (Å²) in [4.78, 5) is 0. The molecule has 0 bridgehead atoms. The number of hydrogen-bond donors (Lipinski definition) is 2. The molecule has 0 fully saturated rings. The van der Waals surface area contributed by atoms with Gasteiger partial charge in [0, 0.05) is 18.8 Å². The SMILES string of the molecule is Cc1cnn(CCC(N)CO)c1. The van der Waals surface area contributed by atoms with E-state index in [1.54, 1.807) is 0 Å². The van der Waals surface area contributed by atoms with Crippen LogP contribution in [0.5, 0.6) is 0 Å². The largest absolute Gasteiger partial charge is 0.395 e. The van der Waals surface area contributed by atoms with Crippen LogP contribution in [-0.2, 0) is 6.54 Å². The van der Waals surface area contributed by atoms with Crippen molar-refractivity contribution >= 4 is 0 Å². The van der Waals surface area contributed by atoms with Gasteiger partial charge >= 0.3 is 0 Å². The van der Waals surface area contributed by atoms with Crippen molar-refractivity contribution in [1.82, 2.24) is 9.78 Å². The third kappa shape index (κ3) is 2.64. The molecule has 0 saturated carbocycles. The van der Waals surface area contributed by atoms with Crippen molar-refractivity contribution in [3.05, 3.63) is 18.0 Å². The van der Waals surface area contributed by atoms with Crippen molar-refractivity contribution in [2.75, 3.05) is 6.61 Å². The van der Waals surface area contributed by atoms with E-state index in [4.69, 9.17) is 10.8 Å². The number of hydrogen-bond acceptors (Lipinski definition) is 3. The minimum Gasteiger partial charge on any atom is -0.395 e. The number of rotatable bonds is 4. The van der Waals surface area contributed by atoms with E-state index >= 15 is 0 Å². The van der Waals surface area contributed by atoms with E-state index in [1.807, 2.05) is 24.0 Å². The highest BCUT2D eigenvalue weighted by atomic mass is 16.3. The molecule has 4 heteroatoms. The van der Waals surface area contributed by atoms with E-state index in [-0.39, 0.29) is 12.6 Å². The molecule has 1 aromatic heterocycles. The van der Waals surface area contributed by atoms with Gasteiger partial charge in [-0.05, 0) is 18.9 Å². The molecule has 0 spiro atoms. The molecular weight excluding hydrogens is 154 g/mol. The average Bonchev–Trinajstić information content (AvgIpc) is 2.47. The van der Waals surface area contributed by atoms with Crippen molar-refractivity contribution in [2.24, 2.45) is 5.73 Å². The van der Waals surface area contributed by atoms with Gasteiger partial charge in [0.1, 0.15) is 0 Å². The predicted molar refractivity (Wildman–Crippen MR) is 46.6 cm³/mol. The first-order valence-electron chi connectivity index (χ1n) is 4.08. The summed E-state index contributed by atoms with van der Waals surface area (Å²) in [7, 11) is 0. The number of aliphatic hydroxyl groups is 1. The van der Waals surface area contributed by atoms with Gasteiger partial charge in [0.15, 0.2) is 0 Å². The molecule has 3 N–H and O–H groups in total. The first kappa shape index (κ1) is 9.22. The van der Waals surface area contributed by atoms with Crippen molar-refractivity contribution in [3.8, 4) is 0 Å². The summed E-state index contributed by atoms with van der Waals surface area (Å²) >= 11 is 0. The molecule has 0 amide bonds. The molecule has 12 heavy (non-hydrogen) atoms. The Morgan fingerprint density at radius 3 is 3.00 bits per heavy atom. The second-order valence-electron chi connectivity index (χ2n) is 3.01. The maximum atomic E-state index is 8.66. The Kier molecular flexibility index (Phi) is 3.25. The van der Waals surface area contributed by atoms with Gasteiger partial charge in [-0.1, -0.05) is 0 Å². The second-order valence-corrected chi connectivity index (χ2v) is 3.01. The molecule has 1 aromatic rings. The summed E-state index contributed by atoms with van der Waals surface area (Å²) in [6.07, 6.45) is 4.53. The third-order valence-electron chi connectivity index (χ3n) is 1.73. The minimum atomic E-state index is -0.130. The van der Waals surface area contributed by atoms with Crippen LogP contribution in [0.3, 0.4) is 0 Å². The van der Waals surface area contributed by atoms with Crippen molar-refractivity contribution in [2.45, 2.75) is 25.9 Å². The highest BCUT2D eigenvalue weighted by Gasteiger charge is 2.00. The molecule has 1 heterocycles. The lowest BCUT2D eigenvalue weighted by molar-refractivity contribution is 0.255. The normalized spacial score (nSPS) is 13.2.